The number of hydrogen-bond donors (Lipinski definition) is 1. The van der Waals surface area contributed by atoms with Crippen molar-refractivity contribution in [2.75, 3.05) is 6.54 Å². The molecule has 0 spiro atoms. The van der Waals surface area contributed by atoms with Crippen molar-refractivity contribution < 1.29 is 4.79 Å². The molecule has 0 aliphatic heterocycles. The van der Waals surface area contributed by atoms with Crippen molar-refractivity contribution in [2.24, 2.45) is 11.3 Å². The Kier molecular flexibility index (Phi) is 4.62. The minimum Gasteiger partial charge on any atom is -0.356 e. The van der Waals surface area contributed by atoms with Gasteiger partial charge in [-0.2, -0.15) is 0 Å². The zero-order valence-corrected chi connectivity index (χ0v) is 10.4. The molecule has 1 saturated carbocycles. The van der Waals surface area contributed by atoms with E-state index in [9.17, 15) is 4.79 Å². The Morgan fingerprint density at radius 2 is 1.87 bits per heavy atom. The maximum absolute atomic E-state index is 11.7. The van der Waals surface area contributed by atoms with Crippen LogP contribution in [0.3, 0.4) is 0 Å². The predicted molar refractivity (Wildman–Crippen MR) is 63.7 cm³/mol. The molecule has 0 aromatic rings. The van der Waals surface area contributed by atoms with Gasteiger partial charge in [-0.05, 0) is 31.1 Å². The highest BCUT2D eigenvalue weighted by Crippen LogP contribution is 2.24. The lowest BCUT2D eigenvalue weighted by molar-refractivity contribution is -0.124. The van der Waals surface area contributed by atoms with Crippen LogP contribution in [0.25, 0.3) is 0 Å². The van der Waals surface area contributed by atoms with E-state index in [-0.39, 0.29) is 0 Å². The SMILES string of the molecule is CC(C)(C)CCCNC(=O)C1CCCC1. The van der Waals surface area contributed by atoms with Gasteiger partial charge < -0.3 is 5.32 Å². The van der Waals surface area contributed by atoms with E-state index in [1.165, 1.54) is 19.3 Å². The molecule has 1 rings (SSSR count). The van der Waals surface area contributed by atoms with Crippen LogP contribution >= 0.6 is 0 Å². The summed E-state index contributed by atoms with van der Waals surface area (Å²) < 4.78 is 0. The van der Waals surface area contributed by atoms with Gasteiger partial charge in [-0.3, -0.25) is 4.79 Å². The summed E-state index contributed by atoms with van der Waals surface area (Å²) in [7, 11) is 0. The molecule has 2 nitrogen and oxygen atoms in total. The second-order valence-corrected chi connectivity index (χ2v) is 5.94. The third-order valence-electron chi connectivity index (χ3n) is 3.13. The highest BCUT2D eigenvalue weighted by Gasteiger charge is 2.22. The topological polar surface area (TPSA) is 29.1 Å². The maximum Gasteiger partial charge on any atom is 0.223 e. The van der Waals surface area contributed by atoms with E-state index >= 15 is 0 Å². The molecule has 88 valence electrons. The highest BCUT2D eigenvalue weighted by atomic mass is 16.1. The van der Waals surface area contributed by atoms with E-state index < -0.39 is 0 Å². The van der Waals surface area contributed by atoms with Crippen LogP contribution < -0.4 is 5.32 Å². The van der Waals surface area contributed by atoms with Crippen LogP contribution in [0.2, 0.25) is 0 Å². The van der Waals surface area contributed by atoms with Gasteiger partial charge in [0.15, 0.2) is 0 Å². The zero-order valence-electron chi connectivity index (χ0n) is 10.4. The fourth-order valence-electron chi connectivity index (χ4n) is 2.16. The Bertz CT molecular complexity index is 199. The average Bonchev–Trinajstić information content (AvgIpc) is 2.63. The van der Waals surface area contributed by atoms with E-state index in [0.29, 0.717) is 17.2 Å². The van der Waals surface area contributed by atoms with Gasteiger partial charge in [-0.1, -0.05) is 33.6 Å². The van der Waals surface area contributed by atoms with Crippen molar-refractivity contribution in [3.63, 3.8) is 0 Å². The van der Waals surface area contributed by atoms with Gasteiger partial charge >= 0.3 is 0 Å². The molecule has 0 radical (unpaired) electrons. The van der Waals surface area contributed by atoms with Crippen molar-refractivity contribution in [1.82, 2.24) is 5.32 Å². The number of amides is 1. The third-order valence-corrected chi connectivity index (χ3v) is 3.13. The van der Waals surface area contributed by atoms with Crippen molar-refractivity contribution in [3.8, 4) is 0 Å². The lowest BCUT2D eigenvalue weighted by Crippen LogP contribution is -2.30. The molecule has 0 aromatic heterocycles. The molecule has 0 saturated heterocycles. The molecule has 15 heavy (non-hydrogen) atoms. The Hall–Kier alpha value is -0.530. The van der Waals surface area contributed by atoms with Gasteiger partial charge in [0.25, 0.3) is 0 Å². The van der Waals surface area contributed by atoms with Crippen molar-refractivity contribution in [2.45, 2.75) is 59.3 Å². The van der Waals surface area contributed by atoms with Gasteiger partial charge in [-0.15, -0.1) is 0 Å². The Morgan fingerprint density at radius 1 is 1.27 bits per heavy atom. The number of nitrogens with one attached hydrogen (secondary N) is 1. The summed E-state index contributed by atoms with van der Waals surface area (Å²) in [5, 5.41) is 3.06. The second-order valence-electron chi connectivity index (χ2n) is 5.94. The minimum atomic E-state index is 0.293. The first kappa shape index (κ1) is 12.5. The van der Waals surface area contributed by atoms with Crippen molar-refractivity contribution >= 4 is 5.91 Å². The fraction of sp³-hybridized carbons (Fsp3) is 0.923. The summed E-state index contributed by atoms with van der Waals surface area (Å²) in [5.41, 5.74) is 0.387. The summed E-state index contributed by atoms with van der Waals surface area (Å²) in [5.74, 6) is 0.612. The van der Waals surface area contributed by atoms with Crippen molar-refractivity contribution in [3.05, 3.63) is 0 Å². The molecule has 2 heteroatoms. The van der Waals surface area contributed by atoms with Gasteiger partial charge in [0.1, 0.15) is 0 Å². The Labute approximate surface area is 93.8 Å². The van der Waals surface area contributed by atoms with Gasteiger partial charge in [-0.25, -0.2) is 0 Å². The molecule has 0 aromatic carbocycles. The van der Waals surface area contributed by atoms with E-state index in [1.807, 2.05) is 0 Å². The third kappa shape index (κ3) is 5.19. The summed E-state index contributed by atoms with van der Waals surface area (Å²) in [6.07, 6.45) is 6.95. The fourth-order valence-corrected chi connectivity index (χ4v) is 2.16. The quantitative estimate of drug-likeness (QED) is 0.711. The van der Waals surface area contributed by atoms with Crippen LogP contribution in [0, 0.1) is 11.3 Å². The molecule has 1 aliphatic rings. The largest absolute Gasteiger partial charge is 0.356 e. The number of rotatable bonds is 4. The van der Waals surface area contributed by atoms with Crippen molar-refractivity contribution in [1.29, 1.82) is 0 Å². The Morgan fingerprint density at radius 3 is 2.40 bits per heavy atom. The molecule has 0 atom stereocenters. The molecule has 1 fully saturated rings. The van der Waals surface area contributed by atoms with E-state index in [1.54, 1.807) is 0 Å². The zero-order chi connectivity index (χ0) is 11.3. The maximum atomic E-state index is 11.7. The first-order valence-corrected chi connectivity index (χ1v) is 6.27. The molecule has 1 N–H and O–H groups in total. The summed E-state index contributed by atoms with van der Waals surface area (Å²) >= 11 is 0. The molecule has 0 unspecified atom stereocenters. The summed E-state index contributed by atoms with van der Waals surface area (Å²) in [6, 6.07) is 0. The monoisotopic (exact) mass is 211 g/mol. The average molecular weight is 211 g/mol. The predicted octanol–water partition coefficient (Wildman–Crippen LogP) is 3.12. The highest BCUT2D eigenvalue weighted by molar-refractivity contribution is 5.78. The molecular weight excluding hydrogens is 186 g/mol. The first-order valence-electron chi connectivity index (χ1n) is 6.27. The van der Waals surface area contributed by atoms with Gasteiger partial charge in [0, 0.05) is 12.5 Å². The lowest BCUT2D eigenvalue weighted by atomic mass is 9.90. The molecule has 1 amide bonds. The van der Waals surface area contributed by atoms with Crippen LogP contribution in [-0.4, -0.2) is 12.5 Å². The number of hydrogen-bond acceptors (Lipinski definition) is 1. The van der Waals surface area contributed by atoms with Gasteiger partial charge in [0.2, 0.25) is 5.91 Å². The van der Waals surface area contributed by atoms with E-state index in [2.05, 4.69) is 26.1 Å². The van der Waals surface area contributed by atoms with Crippen LogP contribution in [-0.2, 0) is 4.79 Å². The van der Waals surface area contributed by atoms with Gasteiger partial charge in [0.05, 0.1) is 0 Å². The molecule has 1 aliphatic carbocycles. The van der Waals surface area contributed by atoms with Crippen LogP contribution in [0.4, 0.5) is 0 Å². The standard InChI is InChI=1S/C13H25NO/c1-13(2,3)9-6-10-14-12(15)11-7-4-5-8-11/h11H,4-10H2,1-3H3,(H,14,15). The molecule has 0 bridgehead atoms. The minimum absolute atomic E-state index is 0.293. The normalized spacial score (nSPS) is 18.1. The molecular formula is C13H25NO. The summed E-state index contributed by atoms with van der Waals surface area (Å²) in [6.45, 7) is 7.58. The van der Waals surface area contributed by atoms with E-state index in [4.69, 9.17) is 0 Å². The van der Waals surface area contributed by atoms with Crippen LogP contribution in [0.5, 0.6) is 0 Å². The number of carbonyl (C=O) groups is 1. The smallest absolute Gasteiger partial charge is 0.223 e. The number of carbonyl (C=O) groups excluding carboxylic acids is 1. The summed E-state index contributed by atoms with van der Waals surface area (Å²) in [4.78, 5) is 11.7. The lowest BCUT2D eigenvalue weighted by Gasteiger charge is -2.18. The second kappa shape index (κ2) is 5.53. The van der Waals surface area contributed by atoms with Crippen LogP contribution in [0.15, 0.2) is 0 Å². The Balaban J connectivity index is 2.07. The van der Waals surface area contributed by atoms with Crippen LogP contribution in [0.1, 0.15) is 59.3 Å². The van der Waals surface area contributed by atoms with E-state index in [0.717, 1.165) is 25.8 Å². The molecule has 0 heterocycles. The first-order chi connectivity index (χ1) is 6.99.